The van der Waals surface area contributed by atoms with Crippen LogP contribution in [-0.4, -0.2) is 18.4 Å². The second kappa shape index (κ2) is 9.75. The Balaban J connectivity index is 1.48. The van der Waals surface area contributed by atoms with Crippen LogP contribution in [0.5, 0.6) is 5.75 Å². The third kappa shape index (κ3) is 6.25. The van der Waals surface area contributed by atoms with E-state index in [1.165, 1.54) is 6.08 Å². The van der Waals surface area contributed by atoms with E-state index in [1.54, 1.807) is 66.7 Å². The summed E-state index contributed by atoms with van der Waals surface area (Å²) in [5, 5.41) is 5.48. The number of carbonyl (C=O) groups excluding carboxylic acids is 2. The molecule has 146 valence electrons. The van der Waals surface area contributed by atoms with E-state index in [9.17, 15) is 9.59 Å². The Hall–Kier alpha value is -4.06. The standard InChI is InChI=1S/C23H21N3O3/c24-20-8-4-5-9-21(20)26-22(27)15-12-17-10-13-19(14-11-17)29-16-23(28)25-18-6-2-1-3-7-18/h1-15H,16,24H2,(H,25,28)(H,26,27)/b15-12+. The van der Waals surface area contributed by atoms with E-state index in [2.05, 4.69) is 10.6 Å². The maximum atomic E-state index is 12.0. The Morgan fingerprint density at radius 2 is 1.55 bits per heavy atom. The van der Waals surface area contributed by atoms with Crippen LogP contribution >= 0.6 is 0 Å². The minimum Gasteiger partial charge on any atom is -0.484 e. The van der Waals surface area contributed by atoms with E-state index in [0.29, 0.717) is 17.1 Å². The van der Waals surface area contributed by atoms with Gasteiger partial charge in [0, 0.05) is 11.8 Å². The lowest BCUT2D eigenvalue weighted by molar-refractivity contribution is -0.118. The van der Waals surface area contributed by atoms with Crippen LogP contribution in [0.1, 0.15) is 5.56 Å². The van der Waals surface area contributed by atoms with Gasteiger partial charge in [-0.05, 0) is 48.0 Å². The minimum atomic E-state index is -0.277. The van der Waals surface area contributed by atoms with Crippen molar-refractivity contribution in [3.05, 3.63) is 90.5 Å². The molecule has 3 aromatic rings. The molecule has 0 saturated heterocycles. The van der Waals surface area contributed by atoms with Crippen LogP contribution in [0.25, 0.3) is 6.08 Å². The second-order valence-corrected chi connectivity index (χ2v) is 6.18. The molecular formula is C23H21N3O3. The third-order valence-electron chi connectivity index (χ3n) is 3.95. The van der Waals surface area contributed by atoms with Gasteiger partial charge >= 0.3 is 0 Å². The fourth-order valence-electron chi connectivity index (χ4n) is 2.50. The van der Waals surface area contributed by atoms with Gasteiger partial charge in [0.15, 0.2) is 6.61 Å². The van der Waals surface area contributed by atoms with Crippen molar-refractivity contribution in [2.24, 2.45) is 0 Å². The Bertz CT molecular complexity index is 999. The van der Waals surface area contributed by atoms with Crippen molar-refractivity contribution in [3.63, 3.8) is 0 Å². The summed E-state index contributed by atoms with van der Waals surface area (Å²) in [4.78, 5) is 23.9. The molecule has 0 heterocycles. The van der Waals surface area contributed by atoms with Gasteiger partial charge in [0.05, 0.1) is 11.4 Å². The Kier molecular flexibility index (Phi) is 6.62. The molecule has 0 atom stereocenters. The first-order chi connectivity index (χ1) is 14.1. The van der Waals surface area contributed by atoms with Gasteiger partial charge < -0.3 is 21.1 Å². The zero-order valence-electron chi connectivity index (χ0n) is 15.7. The van der Waals surface area contributed by atoms with E-state index >= 15 is 0 Å². The first-order valence-corrected chi connectivity index (χ1v) is 9.01. The monoisotopic (exact) mass is 387 g/mol. The van der Waals surface area contributed by atoms with E-state index in [4.69, 9.17) is 10.5 Å². The van der Waals surface area contributed by atoms with Crippen molar-refractivity contribution < 1.29 is 14.3 Å². The van der Waals surface area contributed by atoms with E-state index in [-0.39, 0.29) is 18.4 Å². The zero-order chi connectivity index (χ0) is 20.5. The maximum absolute atomic E-state index is 12.0. The molecule has 6 nitrogen and oxygen atoms in total. The van der Waals surface area contributed by atoms with Gasteiger partial charge in [-0.2, -0.15) is 0 Å². The molecule has 0 fully saturated rings. The smallest absolute Gasteiger partial charge is 0.262 e. The molecule has 0 aromatic heterocycles. The summed E-state index contributed by atoms with van der Waals surface area (Å²) in [7, 11) is 0. The molecule has 0 aliphatic rings. The van der Waals surface area contributed by atoms with Crippen LogP contribution in [0, 0.1) is 0 Å². The lowest BCUT2D eigenvalue weighted by Crippen LogP contribution is -2.20. The van der Waals surface area contributed by atoms with Crippen molar-refractivity contribution >= 4 is 35.0 Å². The number of hydrogen-bond donors (Lipinski definition) is 3. The van der Waals surface area contributed by atoms with Gasteiger partial charge in [-0.3, -0.25) is 9.59 Å². The number of nitrogen functional groups attached to an aromatic ring is 1. The van der Waals surface area contributed by atoms with Crippen LogP contribution in [0.4, 0.5) is 17.1 Å². The predicted octanol–water partition coefficient (Wildman–Crippen LogP) is 3.94. The number of amides is 2. The van der Waals surface area contributed by atoms with Crippen molar-refractivity contribution in [3.8, 4) is 5.75 Å². The molecule has 3 rings (SSSR count). The Morgan fingerprint density at radius 1 is 0.862 bits per heavy atom. The largest absolute Gasteiger partial charge is 0.484 e. The fourth-order valence-corrected chi connectivity index (χ4v) is 2.50. The SMILES string of the molecule is Nc1ccccc1NC(=O)/C=C/c1ccc(OCC(=O)Nc2ccccc2)cc1. The Labute approximate surface area is 169 Å². The molecule has 3 aromatic carbocycles. The molecule has 6 heteroatoms. The normalized spacial score (nSPS) is 10.5. The summed E-state index contributed by atoms with van der Waals surface area (Å²) >= 11 is 0. The molecule has 0 unspecified atom stereocenters. The number of para-hydroxylation sites is 3. The first kappa shape index (κ1) is 19.7. The number of nitrogens with one attached hydrogen (secondary N) is 2. The molecule has 29 heavy (non-hydrogen) atoms. The van der Waals surface area contributed by atoms with Crippen molar-refractivity contribution in [2.75, 3.05) is 23.0 Å². The maximum Gasteiger partial charge on any atom is 0.262 e. The number of anilines is 3. The molecular weight excluding hydrogens is 366 g/mol. The number of rotatable bonds is 7. The van der Waals surface area contributed by atoms with Gasteiger partial charge in [0.2, 0.25) is 5.91 Å². The lowest BCUT2D eigenvalue weighted by Gasteiger charge is -2.07. The zero-order valence-corrected chi connectivity index (χ0v) is 15.7. The summed E-state index contributed by atoms with van der Waals surface area (Å²) in [6.45, 7) is -0.0923. The average molecular weight is 387 g/mol. The molecule has 0 aliphatic heterocycles. The van der Waals surface area contributed by atoms with Crippen LogP contribution in [-0.2, 0) is 9.59 Å². The predicted molar refractivity (Wildman–Crippen MR) is 116 cm³/mol. The van der Waals surface area contributed by atoms with Crippen LogP contribution in [0.15, 0.2) is 84.9 Å². The van der Waals surface area contributed by atoms with E-state index in [1.807, 2.05) is 18.2 Å². The average Bonchev–Trinajstić information content (AvgIpc) is 2.74. The molecule has 0 bridgehead atoms. The topological polar surface area (TPSA) is 93.4 Å². The van der Waals surface area contributed by atoms with Crippen molar-refractivity contribution in [2.45, 2.75) is 0 Å². The highest BCUT2D eigenvalue weighted by molar-refractivity contribution is 6.03. The van der Waals surface area contributed by atoms with Gasteiger partial charge in [0.1, 0.15) is 5.75 Å². The third-order valence-corrected chi connectivity index (χ3v) is 3.95. The van der Waals surface area contributed by atoms with Crippen molar-refractivity contribution in [1.29, 1.82) is 0 Å². The molecule has 0 spiro atoms. The summed E-state index contributed by atoms with van der Waals surface area (Å²) in [6, 6.07) is 23.3. The highest BCUT2D eigenvalue weighted by Crippen LogP contribution is 2.17. The summed E-state index contributed by atoms with van der Waals surface area (Å²) in [5.74, 6) is 0.0460. The van der Waals surface area contributed by atoms with Crippen LogP contribution < -0.4 is 21.1 Å². The number of carbonyl (C=O) groups is 2. The Morgan fingerprint density at radius 3 is 2.28 bits per heavy atom. The summed E-state index contributed by atoms with van der Waals surface area (Å²) in [5.41, 5.74) is 8.42. The van der Waals surface area contributed by atoms with Crippen molar-refractivity contribution in [1.82, 2.24) is 0 Å². The van der Waals surface area contributed by atoms with Gasteiger partial charge in [-0.25, -0.2) is 0 Å². The second-order valence-electron chi connectivity index (χ2n) is 6.18. The van der Waals surface area contributed by atoms with Crippen LogP contribution in [0.2, 0.25) is 0 Å². The summed E-state index contributed by atoms with van der Waals surface area (Å²) < 4.78 is 5.48. The van der Waals surface area contributed by atoms with Gasteiger partial charge in [-0.1, -0.05) is 42.5 Å². The lowest BCUT2D eigenvalue weighted by atomic mass is 10.2. The quantitative estimate of drug-likeness (QED) is 0.423. The highest BCUT2D eigenvalue weighted by atomic mass is 16.5. The molecule has 0 aliphatic carbocycles. The molecule has 4 N–H and O–H groups in total. The molecule has 0 radical (unpaired) electrons. The highest BCUT2D eigenvalue weighted by Gasteiger charge is 2.04. The molecule has 0 saturated carbocycles. The van der Waals surface area contributed by atoms with Crippen LogP contribution in [0.3, 0.4) is 0 Å². The van der Waals surface area contributed by atoms with E-state index in [0.717, 1.165) is 11.3 Å². The summed E-state index contributed by atoms with van der Waals surface area (Å²) in [6.07, 6.45) is 3.11. The minimum absolute atomic E-state index is 0.0923. The number of hydrogen-bond acceptors (Lipinski definition) is 4. The number of nitrogens with two attached hydrogens (primary N) is 1. The number of ether oxygens (including phenoxy) is 1. The fraction of sp³-hybridized carbons (Fsp3) is 0.0435. The van der Waals surface area contributed by atoms with Gasteiger partial charge in [-0.15, -0.1) is 0 Å². The first-order valence-electron chi connectivity index (χ1n) is 9.01. The van der Waals surface area contributed by atoms with Gasteiger partial charge in [0.25, 0.3) is 5.91 Å². The molecule has 2 amide bonds. The number of benzene rings is 3. The van der Waals surface area contributed by atoms with E-state index < -0.39 is 0 Å².